The summed E-state index contributed by atoms with van der Waals surface area (Å²) in [6, 6.07) is 0. The molecule has 0 aliphatic rings. The quantitative estimate of drug-likeness (QED) is 0.609. The van der Waals surface area contributed by atoms with Crippen molar-refractivity contribution < 1.29 is 5.11 Å². The SMILES string of the molecule is C=CC(C)(O)CC/C=C(\C)CC/C=C\C(C)C. The molecule has 17 heavy (non-hydrogen) atoms. The van der Waals surface area contributed by atoms with E-state index in [0.29, 0.717) is 5.92 Å². The van der Waals surface area contributed by atoms with Crippen LogP contribution in [0.4, 0.5) is 0 Å². The van der Waals surface area contributed by atoms with Gasteiger partial charge in [0.1, 0.15) is 0 Å². The van der Waals surface area contributed by atoms with E-state index in [1.165, 1.54) is 5.57 Å². The third kappa shape index (κ3) is 10.1. The normalized spacial score (nSPS) is 16.5. The molecule has 0 aromatic heterocycles. The van der Waals surface area contributed by atoms with Crippen molar-refractivity contribution in [1.29, 1.82) is 0 Å². The number of rotatable bonds is 8. The summed E-state index contributed by atoms with van der Waals surface area (Å²) in [6.45, 7) is 12.0. The molecule has 98 valence electrons. The Labute approximate surface area is 107 Å². The topological polar surface area (TPSA) is 20.2 Å². The van der Waals surface area contributed by atoms with Gasteiger partial charge in [-0.05, 0) is 45.4 Å². The Bertz CT molecular complexity index is 269. The minimum absolute atomic E-state index is 0.641. The summed E-state index contributed by atoms with van der Waals surface area (Å²) in [5.41, 5.74) is 0.673. The van der Waals surface area contributed by atoms with Gasteiger partial charge in [0.05, 0.1) is 5.60 Å². The van der Waals surface area contributed by atoms with Gasteiger partial charge in [-0.15, -0.1) is 6.58 Å². The molecule has 0 amide bonds. The zero-order valence-corrected chi connectivity index (χ0v) is 11.9. The van der Waals surface area contributed by atoms with Gasteiger partial charge >= 0.3 is 0 Å². The van der Waals surface area contributed by atoms with Crippen LogP contribution in [0, 0.1) is 5.92 Å². The van der Waals surface area contributed by atoms with Crippen molar-refractivity contribution in [2.45, 2.75) is 59.0 Å². The molecule has 0 aromatic carbocycles. The maximum absolute atomic E-state index is 9.75. The lowest BCUT2D eigenvalue weighted by atomic mass is 9.99. The Morgan fingerprint density at radius 1 is 1.35 bits per heavy atom. The van der Waals surface area contributed by atoms with Crippen molar-refractivity contribution in [3.05, 3.63) is 36.5 Å². The van der Waals surface area contributed by atoms with Crippen LogP contribution in [0.25, 0.3) is 0 Å². The fourth-order valence-corrected chi connectivity index (χ4v) is 1.49. The first-order chi connectivity index (χ1) is 7.87. The lowest BCUT2D eigenvalue weighted by molar-refractivity contribution is 0.103. The molecule has 0 bridgehead atoms. The Hall–Kier alpha value is -0.820. The van der Waals surface area contributed by atoms with Crippen molar-refractivity contribution in [2.75, 3.05) is 0 Å². The molecule has 0 rings (SSSR count). The van der Waals surface area contributed by atoms with Gasteiger partial charge in [0.2, 0.25) is 0 Å². The van der Waals surface area contributed by atoms with Gasteiger partial charge in [0.25, 0.3) is 0 Å². The van der Waals surface area contributed by atoms with E-state index in [9.17, 15) is 5.11 Å². The summed E-state index contributed by atoms with van der Waals surface area (Å²) in [5.74, 6) is 0.641. The van der Waals surface area contributed by atoms with Gasteiger partial charge in [0.15, 0.2) is 0 Å². The standard InChI is InChI=1S/C16H28O/c1-6-16(5,17)13-9-12-15(4)11-8-7-10-14(2)3/h6-7,10,12,14,17H,1,8-9,11,13H2,2-5H3/b10-7-,15-12+. The van der Waals surface area contributed by atoms with Crippen LogP contribution < -0.4 is 0 Å². The van der Waals surface area contributed by atoms with E-state index < -0.39 is 5.60 Å². The monoisotopic (exact) mass is 236 g/mol. The Morgan fingerprint density at radius 2 is 2.00 bits per heavy atom. The van der Waals surface area contributed by atoms with Gasteiger partial charge in [-0.25, -0.2) is 0 Å². The maximum atomic E-state index is 9.75. The van der Waals surface area contributed by atoms with Crippen LogP contribution in [0.2, 0.25) is 0 Å². The van der Waals surface area contributed by atoms with Crippen molar-refractivity contribution in [3.8, 4) is 0 Å². The van der Waals surface area contributed by atoms with E-state index in [-0.39, 0.29) is 0 Å². The Balaban J connectivity index is 3.83. The molecule has 1 unspecified atom stereocenters. The fourth-order valence-electron chi connectivity index (χ4n) is 1.49. The third-order valence-corrected chi connectivity index (χ3v) is 2.81. The first kappa shape index (κ1) is 16.2. The number of aliphatic hydroxyl groups is 1. The maximum Gasteiger partial charge on any atom is 0.0800 e. The highest BCUT2D eigenvalue weighted by atomic mass is 16.3. The highest BCUT2D eigenvalue weighted by molar-refractivity contribution is 5.02. The average Bonchev–Trinajstić information content (AvgIpc) is 2.24. The van der Waals surface area contributed by atoms with Crippen molar-refractivity contribution >= 4 is 0 Å². The van der Waals surface area contributed by atoms with E-state index in [1.807, 2.05) is 0 Å². The van der Waals surface area contributed by atoms with E-state index in [0.717, 1.165) is 25.7 Å². The molecule has 1 heteroatoms. The van der Waals surface area contributed by atoms with Crippen LogP contribution in [0.1, 0.15) is 53.4 Å². The number of hydrogen-bond donors (Lipinski definition) is 1. The second-order valence-electron chi connectivity index (χ2n) is 5.36. The highest BCUT2D eigenvalue weighted by Gasteiger charge is 2.12. The lowest BCUT2D eigenvalue weighted by Crippen LogP contribution is -2.19. The molecule has 0 spiro atoms. The first-order valence-corrected chi connectivity index (χ1v) is 6.55. The van der Waals surface area contributed by atoms with Crippen molar-refractivity contribution in [1.82, 2.24) is 0 Å². The molecule has 0 saturated carbocycles. The zero-order chi connectivity index (χ0) is 13.3. The van der Waals surface area contributed by atoms with Crippen LogP contribution in [-0.4, -0.2) is 10.7 Å². The molecule has 0 radical (unpaired) electrons. The van der Waals surface area contributed by atoms with E-state index in [1.54, 1.807) is 13.0 Å². The second-order valence-corrected chi connectivity index (χ2v) is 5.36. The molecule has 0 aromatic rings. The van der Waals surface area contributed by atoms with Crippen molar-refractivity contribution in [3.63, 3.8) is 0 Å². The minimum Gasteiger partial charge on any atom is -0.386 e. The summed E-state index contributed by atoms with van der Waals surface area (Å²) >= 11 is 0. The van der Waals surface area contributed by atoms with Gasteiger partial charge in [0, 0.05) is 0 Å². The van der Waals surface area contributed by atoms with Crippen LogP contribution in [0.5, 0.6) is 0 Å². The molecule has 0 saturated heterocycles. The van der Waals surface area contributed by atoms with Gasteiger partial charge in [-0.2, -0.15) is 0 Å². The second kappa shape index (κ2) is 8.30. The van der Waals surface area contributed by atoms with E-state index in [4.69, 9.17) is 0 Å². The summed E-state index contributed by atoms with van der Waals surface area (Å²) in [4.78, 5) is 0. The van der Waals surface area contributed by atoms with Crippen LogP contribution in [0.15, 0.2) is 36.5 Å². The van der Waals surface area contributed by atoms with E-state index >= 15 is 0 Å². The Morgan fingerprint density at radius 3 is 2.53 bits per heavy atom. The number of allylic oxidation sites excluding steroid dienone is 4. The van der Waals surface area contributed by atoms with Crippen LogP contribution in [0.3, 0.4) is 0 Å². The molecule has 1 N–H and O–H groups in total. The summed E-state index contributed by atoms with van der Waals surface area (Å²) in [7, 11) is 0. The molecule has 1 atom stereocenters. The zero-order valence-electron chi connectivity index (χ0n) is 11.9. The summed E-state index contributed by atoms with van der Waals surface area (Å²) in [5, 5.41) is 9.75. The smallest absolute Gasteiger partial charge is 0.0800 e. The molecular weight excluding hydrogens is 208 g/mol. The molecule has 0 aliphatic carbocycles. The predicted molar refractivity (Wildman–Crippen MR) is 77.0 cm³/mol. The van der Waals surface area contributed by atoms with Gasteiger partial charge in [-0.3, -0.25) is 0 Å². The van der Waals surface area contributed by atoms with Crippen LogP contribution >= 0.6 is 0 Å². The summed E-state index contributed by atoms with van der Waals surface area (Å²) in [6.07, 6.45) is 12.2. The van der Waals surface area contributed by atoms with E-state index in [2.05, 4.69) is 45.6 Å². The fraction of sp³-hybridized carbons (Fsp3) is 0.625. The molecule has 0 aliphatic heterocycles. The largest absolute Gasteiger partial charge is 0.386 e. The molecule has 0 fully saturated rings. The van der Waals surface area contributed by atoms with Crippen molar-refractivity contribution in [2.24, 2.45) is 5.92 Å². The highest BCUT2D eigenvalue weighted by Crippen LogP contribution is 2.15. The third-order valence-electron chi connectivity index (χ3n) is 2.81. The first-order valence-electron chi connectivity index (χ1n) is 6.55. The molecule has 1 nitrogen and oxygen atoms in total. The van der Waals surface area contributed by atoms with Gasteiger partial charge in [-0.1, -0.05) is 43.7 Å². The summed E-state index contributed by atoms with van der Waals surface area (Å²) < 4.78 is 0. The molecule has 0 heterocycles. The Kier molecular flexibility index (Phi) is 7.90. The molecular formula is C16H28O. The lowest BCUT2D eigenvalue weighted by Gasteiger charge is -2.16. The minimum atomic E-state index is -0.728. The average molecular weight is 236 g/mol. The van der Waals surface area contributed by atoms with Gasteiger partial charge < -0.3 is 5.11 Å². The number of hydrogen-bond acceptors (Lipinski definition) is 1. The predicted octanol–water partition coefficient (Wildman–Crippen LogP) is 4.64. The van der Waals surface area contributed by atoms with Crippen LogP contribution in [-0.2, 0) is 0 Å².